The molecule has 2 amide bonds. The molecule has 0 saturated heterocycles. The number of urea groups is 1. The SMILES string of the molecule is CSc1ccccc1Cn1c(C)cc(OCc2ccccc2CNC(=O)Nc2cc(C(C)(C)C)nn2-c2ccc(O)c(Cl)c2)cc1=O. The van der Waals surface area contributed by atoms with Crippen LogP contribution in [0.5, 0.6) is 11.5 Å². The molecule has 0 aliphatic carbocycles. The molecule has 11 heteroatoms. The maximum atomic E-state index is 13.1. The van der Waals surface area contributed by atoms with Crippen LogP contribution in [-0.2, 0) is 25.1 Å². The fraction of sp³-hybridized carbons (Fsp3) is 0.250. The van der Waals surface area contributed by atoms with Gasteiger partial charge in [-0.3, -0.25) is 10.1 Å². The molecule has 0 saturated carbocycles. The molecular formula is C36H38ClN5O4S. The fourth-order valence-corrected chi connectivity index (χ4v) is 5.80. The Morgan fingerprint density at radius 1 is 0.979 bits per heavy atom. The molecule has 2 heterocycles. The standard InChI is InChI=1S/C36H38ClN5O4S/c1-23-16-28(18-34(44)41(23)21-25-11-8-9-13-31(25)47-5)46-22-26-12-7-6-10-24(26)20-38-35(45)39-33-19-32(36(2,3)4)40-42(33)27-14-15-30(43)29(37)17-27/h6-19,43H,20-22H2,1-5H3,(H2,38,39,45). The van der Waals surface area contributed by atoms with E-state index < -0.39 is 6.03 Å². The predicted octanol–water partition coefficient (Wildman–Crippen LogP) is 7.67. The molecule has 0 radical (unpaired) electrons. The van der Waals surface area contributed by atoms with Crippen LogP contribution in [-0.4, -0.2) is 31.7 Å². The molecule has 5 rings (SSSR count). The van der Waals surface area contributed by atoms with Crippen LogP contribution in [0.25, 0.3) is 5.69 Å². The van der Waals surface area contributed by atoms with Crippen molar-refractivity contribution in [3.8, 4) is 17.2 Å². The van der Waals surface area contributed by atoms with Crippen LogP contribution in [0.4, 0.5) is 10.6 Å². The number of benzene rings is 3. The molecule has 0 unspecified atom stereocenters. The monoisotopic (exact) mass is 671 g/mol. The zero-order chi connectivity index (χ0) is 33.7. The van der Waals surface area contributed by atoms with Crippen LogP contribution in [0.3, 0.4) is 0 Å². The third-order valence-corrected chi connectivity index (χ3v) is 8.82. The number of nitrogens with one attached hydrogen (secondary N) is 2. The second kappa shape index (κ2) is 14.4. The Morgan fingerprint density at radius 2 is 1.68 bits per heavy atom. The summed E-state index contributed by atoms with van der Waals surface area (Å²) in [6.45, 7) is 8.95. The third kappa shape index (κ3) is 8.19. The number of rotatable bonds is 10. The summed E-state index contributed by atoms with van der Waals surface area (Å²) in [6.07, 6.45) is 2.03. The van der Waals surface area contributed by atoms with Crippen LogP contribution < -0.4 is 20.9 Å². The predicted molar refractivity (Wildman–Crippen MR) is 188 cm³/mol. The number of anilines is 1. The number of pyridine rings is 1. The lowest BCUT2D eigenvalue weighted by Crippen LogP contribution is -2.29. The van der Waals surface area contributed by atoms with Gasteiger partial charge in [-0.15, -0.1) is 11.8 Å². The van der Waals surface area contributed by atoms with E-state index in [2.05, 4.69) is 16.7 Å². The van der Waals surface area contributed by atoms with E-state index in [1.54, 1.807) is 33.1 Å². The molecular weight excluding hydrogens is 634 g/mol. The maximum absolute atomic E-state index is 13.1. The van der Waals surface area contributed by atoms with Gasteiger partial charge >= 0.3 is 6.03 Å². The highest BCUT2D eigenvalue weighted by atomic mass is 35.5. The molecule has 3 aromatic carbocycles. The van der Waals surface area contributed by atoms with E-state index in [0.29, 0.717) is 23.8 Å². The summed E-state index contributed by atoms with van der Waals surface area (Å²) in [4.78, 5) is 27.3. The highest BCUT2D eigenvalue weighted by molar-refractivity contribution is 7.98. The third-order valence-electron chi connectivity index (χ3n) is 7.68. The lowest BCUT2D eigenvalue weighted by atomic mass is 9.92. The van der Waals surface area contributed by atoms with Crippen LogP contribution in [0.2, 0.25) is 5.02 Å². The molecule has 0 bridgehead atoms. The molecule has 2 aromatic heterocycles. The summed E-state index contributed by atoms with van der Waals surface area (Å²) in [5.41, 5.74) is 4.60. The van der Waals surface area contributed by atoms with E-state index in [-0.39, 0.29) is 34.9 Å². The minimum absolute atomic E-state index is 0.0409. The zero-order valence-electron chi connectivity index (χ0n) is 27.0. The average molecular weight is 672 g/mol. The van der Waals surface area contributed by atoms with Crippen LogP contribution in [0, 0.1) is 6.92 Å². The summed E-state index contributed by atoms with van der Waals surface area (Å²) in [5, 5.41) is 20.6. The Kier molecular flexibility index (Phi) is 10.3. The molecule has 0 aliphatic heterocycles. The highest BCUT2D eigenvalue weighted by Crippen LogP contribution is 2.30. The topological polar surface area (TPSA) is 110 Å². The highest BCUT2D eigenvalue weighted by Gasteiger charge is 2.22. The van der Waals surface area contributed by atoms with E-state index >= 15 is 0 Å². The van der Waals surface area contributed by atoms with Crippen molar-refractivity contribution in [2.75, 3.05) is 11.6 Å². The summed E-state index contributed by atoms with van der Waals surface area (Å²) in [6, 6.07) is 25.3. The first-order chi connectivity index (χ1) is 22.4. The summed E-state index contributed by atoms with van der Waals surface area (Å²) >= 11 is 7.82. The smallest absolute Gasteiger partial charge is 0.320 e. The van der Waals surface area contributed by atoms with Gasteiger partial charge in [-0.1, -0.05) is 74.8 Å². The van der Waals surface area contributed by atoms with E-state index in [9.17, 15) is 14.7 Å². The molecule has 3 N–H and O–H groups in total. The number of hydrogen-bond acceptors (Lipinski definition) is 6. The second-order valence-electron chi connectivity index (χ2n) is 12.1. The van der Waals surface area contributed by atoms with Gasteiger partial charge in [0.1, 0.15) is 23.9 Å². The lowest BCUT2D eigenvalue weighted by molar-refractivity contribution is 0.251. The van der Waals surface area contributed by atoms with Crippen LogP contribution >= 0.6 is 23.4 Å². The number of halogens is 1. The van der Waals surface area contributed by atoms with Gasteiger partial charge in [0.15, 0.2) is 0 Å². The van der Waals surface area contributed by atoms with Gasteiger partial charge in [0.05, 0.1) is 22.9 Å². The number of aromatic nitrogens is 3. The maximum Gasteiger partial charge on any atom is 0.320 e. The number of phenols is 1. The molecule has 0 fully saturated rings. The Bertz CT molecular complexity index is 1960. The molecule has 0 aliphatic rings. The number of amides is 2. The second-order valence-corrected chi connectivity index (χ2v) is 13.4. The van der Waals surface area contributed by atoms with Gasteiger partial charge in [-0.2, -0.15) is 5.10 Å². The fourth-order valence-electron chi connectivity index (χ4n) is 5.02. The van der Waals surface area contributed by atoms with Crippen molar-refractivity contribution in [2.45, 2.75) is 57.7 Å². The number of aryl methyl sites for hydroxylation is 1. The number of phenolic OH excluding ortho intramolecular Hbond substituents is 1. The Hall–Kier alpha value is -4.67. The molecule has 244 valence electrons. The molecule has 47 heavy (non-hydrogen) atoms. The molecule has 9 nitrogen and oxygen atoms in total. The number of hydrogen-bond donors (Lipinski definition) is 3. The van der Waals surface area contributed by atoms with Gasteiger partial charge in [0.2, 0.25) is 0 Å². The van der Waals surface area contributed by atoms with Crippen molar-refractivity contribution >= 4 is 35.2 Å². The lowest BCUT2D eigenvalue weighted by Gasteiger charge is -2.15. The van der Waals surface area contributed by atoms with Crippen LogP contribution in [0.15, 0.2) is 94.6 Å². The molecule has 5 aromatic rings. The number of ether oxygens (including phenoxy) is 1. The Labute approximate surface area is 283 Å². The van der Waals surface area contributed by atoms with Crippen molar-refractivity contribution in [3.63, 3.8) is 0 Å². The zero-order valence-corrected chi connectivity index (χ0v) is 28.6. The van der Waals surface area contributed by atoms with E-state index in [0.717, 1.165) is 33.0 Å². The molecule has 0 atom stereocenters. The number of nitrogens with zero attached hydrogens (tertiary/aromatic N) is 3. The number of carbonyl (C=O) groups excluding carboxylic acids is 1. The number of aromatic hydroxyl groups is 1. The van der Waals surface area contributed by atoms with Crippen molar-refractivity contribution < 1.29 is 14.6 Å². The summed E-state index contributed by atoms with van der Waals surface area (Å²) < 4.78 is 9.41. The van der Waals surface area contributed by atoms with Gasteiger partial charge < -0.3 is 19.7 Å². The van der Waals surface area contributed by atoms with E-state index in [1.807, 2.05) is 88.5 Å². The van der Waals surface area contributed by atoms with Crippen molar-refractivity contribution in [1.29, 1.82) is 0 Å². The van der Waals surface area contributed by atoms with Crippen molar-refractivity contribution in [2.24, 2.45) is 0 Å². The number of carbonyl (C=O) groups is 1. The Morgan fingerprint density at radius 3 is 2.36 bits per heavy atom. The quantitative estimate of drug-likeness (QED) is 0.132. The van der Waals surface area contributed by atoms with Crippen molar-refractivity contribution in [3.05, 3.63) is 128 Å². The van der Waals surface area contributed by atoms with Gasteiger partial charge in [0.25, 0.3) is 5.56 Å². The van der Waals surface area contributed by atoms with Crippen molar-refractivity contribution in [1.82, 2.24) is 19.7 Å². The molecule has 0 spiro atoms. The summed E-state index contributed by atoms with van der Waals surface area (Å²) in [5.74, 6) is 0.897. The largest absolute Gasteiger partial charge is 0.506 e. The minimum atomic E-state index is -0.422. The summed E-state index contributed by atoms with van der Waals surface area (Å²) in [7, 11) is 0. The average Bonchev–Trinajstić information content (AvgIpc) is 3.47. The van der Waals surface area contributed by atoms with Gasteiger partial charge in [0, 0.05) is 34.7 Å². The minimum Gasteiger partial charge on any atom is -0.506 e. The van der Waals surface area contributed by atoms with E-state index in [4.69, 9.17) is 21.4 Å². The van der Waals surface area contributed by atoms with Crippen LogP contribution in [0.1, 0.15) is 48.8 Å². The first-order valence-electron chi connectivity index (χ1n) is 15.1. The van der Waals surface area contributed by atoms with E-state index in [1.165, 1.54) is 12.1 Å². The van der Waals surface area contributed by atoms with Gasteiger partial charge in [-0.05, 0) is 60.2 Å². The first kappa shape index (κ1) is 33.7. The van der Waals surface area contributed by atoms with Gasteiger partial charge in [-0.25, -0.2) is 9.48 Å². The Balaban J connectivity index is 1.26. The normalized spacial score (nSPS) is 11.4. The number of thioether (sulfide) groups is 1. The first-order valence-corrected chi connectivity index (χ1v) is 16.7.